The smallest absolute Gasteiger partial charge is 0.250 e. The van der Waals surface area contributed by atoms with Crippen molar-refractivity contribution >= 4 is 17.4 Å². The number of imidazole rings is 1. The summed E-state index contributed by atoms with van der Waals surface area (Å²) >= 11 is 6.18. The molecule has 26 heavy (non-hydrogen) atoms. The molecule has 6 nitrogen and oxygen atoms in total. The van der Waals surface area contributed by atoms with Crippen LogP contribution in [0.3, 0.4) is 0 Å². The molecule has 3 aromatic heterocycles. The summed E-state index contributed by atoms with van der Waals surface area (Å²) < 4.78 is 1.77. The summed E-state index contributed by atoms with van der Waals surface area (Å²) in [5.74, 6) is -0.204. The fraction of sp³-hybridized carbons (Fsp3) is 0. The van der Waals surface area contributed by atoms with Gasteiger partial charge in [-0.15, -0.1) is 0 Å². The quantitative estimate of drug-likeness (QED) is 0.410. The van der Waals surface area contributed by atoms with E-state index in [4.69, 9.17) is 11.6 Å². The zero-order chi connectivity index (χ0) is 17.9. The monoisotopic (exact) mass is 361 g/mol. The minimum Gasteiger partial charge on any atom is -0.306 e. The van der Waals surface area contributed by atoms with E-state index in [9.17, 15) is 4.79 Å². The van der Waals surface area contributed by atoms with Crippen LogP contribution in [0.2, 0.25) is 5.15 Å². The van der Waals surface area contributed by atoms with E-state index in [1.54, 1.807) is 29.4 Å². The topological polar surface area (TPSA) is 73.6 Å². The van der Waals surface area contributed by atoms with Crippen molar-refractivity contribution < 1.29 is 4.79 Å². The molecule has 0 atom stereocenters. The zero-order valence-corrected chi connectivity index (χ0v) is 14.2. The molecule has 0 spiro atoms. The summed E-state index contributed by atoms with van der Waals surface area (Å²) in [4.78, 5) is 28.6. The SMILES string of the molecule is O=C(c1cn(-c2cccc(-c3cccnc3Cl)c2)cn1)c1ncccn1. The van der Waals surface area contributed by atoms with Crippen LogP contribution in [-0.2, 0) is 0 Å². The van der Waals surface area contributed by atoms with Gasteiger partial charge in [-0.25, -0.2) is 19.9 Å². The van der Waals surface area contributed by atoms with Gasteiger partial charge in [-0.05, 0) is 35.9 Å². The van der Waals surface area contributed by atoms with Crippen molar-refractivity contribution in [3.05, 3.63) is 90.3 Å². The Bertz CT molecular complexity index is 1080. The van der Waals surface area contributed by atoms with E-state index >= 15 is 0 Å². The van der Waals surface area contributed by atoms with E-state index in [1.807, 2.05) is 36.4 Å². The van der Waals surface area contributed by atoms with E-state index in [2.05, 4.69) is 19.9 Å². The number of pyridine rings is 1. The van der Waals surface area contributed by atoms with Crippen LogP contribution in [-0.4, -0.2) is 30.3 Å². The minimum absolute atomic E-state index is 0.119. The first-order valence-electron chi connectivity index (χ1n) is 7.79. The van der Waals surface area contributed by atoms with Crippen LogP contribution in [0.15, 0.2) is 73.6 Å². The Morgan fingerprint density at radius 3 is 2.54 bits per heavy atom. The first-order valence-corrected chi connectivity index (χ1v) is 8.17. The third kappa shape index (κ3) is 3.10. The Labute approximate surface area is 154 Å². The number of hydrogen-bond acceptors (Lipinski definition) is 5. The van der Waals surface area contributed by atoms with Gasteiger partial charge in [0.25, 0.3) is 0 Å². The van der Waals surface area contributed by atoms with Gasteiger partial charge in [-0.3, -0.25) is 4.79 Å². The normalized spacial score (nSPS) is 10.7. The van der Waals surface area contributed by atoms with Crippen LogP contribution < -0.4 is 0 Å². The van der Waals surface area contributed by atoms with Gasteiger partial charge in [-0.1, -0.05) is 23.7 Å². The molecule has 0 aliphatic rings. The summed E-state index contributed by atoms with van der Waals surface area (Å²) in [5, 5.41) is 0.437. The molecule has 3 heterocycles. The molecule has 4 aromatic rings. The summed E-state index contributed by atoms with van der Waals surface area (Å²) in [6, 6.07) is 13.1. The molecule has 0 saturated heterocycles. The predicted octanol–water partition coefficient (Wildman–Crippen LogP) is 3.61. The highest BCUT2D eigenvalue weighted by Gasteiger charge is 2.15. The highest BCUT2D eigenvalue weighted by atomic mass is 35.5. The van der Waals surface area contributed by atoms with Crippen LogP contribution >= 0.6 is 11.6 Å². The summed E-state index contributed by atoms with van der Waals surface area (Å²) in [7, 11) is 0. The van der Waals surface area contributed by atoms with Crippen LogP contribution in [0, 0.1) is 0 Å². The number of rotatable bonds is 4. The molecule has 0 N–H and O–H groups in total. The summed E-state index contributed by atoms with van der Waals surface area (Å²) in [5.41, 5.74) is 2.89. The molecule has 0 aliphatic heterocycles. The Morgan fingerprint density at radius 1 is 0.923 bits per heavy atom. The lowest BCUT2D eigenvalue weighted by molar-refractivity contribution is 0.102. The molecular formula is C19H12ClN5O. The van der Waals surface area contributed by atoms with Gasteiger partial charge in [0.1, 0.15) is 17.2 Å². The maximum Gasteiger partial charge on any atom is 0.250 e. The highest BCUT2D eigenvalue weighted by molar-refractivity contribution is 6.32. The van der Waals surface area contributed by atoms with Crippen LogP contribution in [0.1, 0.15) is 16.3 Å². The van der Waals surface area contributed by atoms with E-state index in [0.29, 0.717) is 5.15 Å². The van der Waals surface area contributed by atoms with Crippen LogP contribution in [0.4, 0.5) is 0 Å². The Balaban J connectivity index is 1.67. The molecule has 0 saturated carbocycles. The Hall–Kier alpha value is -3.38. The van der Waals surface area contributed by atoms with Gasteiger partial charge < -0.3 is 4.57 Å². The van der Waals surface area contributed by atoms with Crippen molar-refractivity contribution in [3.63, 3.8) is 0 Å². The first-order chi connectivity index (χ1) is 12.7. The number of nitrogens with zero attached hydrogens (tertiary/aromatic N) is 5. The second-order valence-electron chi connectivity index (χ2n) is 5.46. The molecule has 7 heteroatoms. The standard InChI is InChI=1S/C19H12ClN5O/c20-18-15(6-2-7-21-18)13-4-1-5-14(10-13)25-11-16(24-12-25)17(26)19-22-8-3-9-23-19/h1-12H. The van der Waals surface area contributed by atoms with E-state index in [0.717, 1.165) is 16.8 Å². The number of halogens is 1. The molecule has 4 rings (SSSR count). The number of ketones is 1. The lowest BCUT2D eigenvalue weighted by Gasteiger charge is -2.07. The largest absolute Gasteiger partial charge is 0.306 e. The van der Waals surface area contributed by atoms with Gasteiger partial charge in [-0.2, -0.15) is 0 Å². The molecule has 1 aromatic carbocycles. The molecular weight excluding hydrogens is 350 g/mol. The second kappa shape index (κ2) is 6.85. The number of hydrogen-bond donors (Lipinski definition) is 0. The molecule has 0 fully saturated rings. The first kappa shape index (κ1) is 16.1. The van der Waals surface area contributed by atoms with Crippen LogP contribution in [0.25, 0.3) is 16.8 Å². The third-order valence-corrected chi connectivity index (χ3v) is 4.10. The van der Waals surface area contributed by atoms with Crippen molar-refractivity contribution in [2.75, 3.05) is 0 Å². The van der Waals surface area contributed by atoms with Gasteiger partial charge in [0.05, 0.1) is 0 Å². The molecule has 126 valence electrons. The molecule has 0 radical (unpaired) electrons. The molecule has 0 aliphatic carbocycles. The van der Waals surface area contributed by atoms with Gasteiger partial charge in [0, 0.05) is 36.0 Å². The van der Waals surface area contributed by atoms with E-state index in [1.165, 1.54) is 12.4 Å². The van der Waals surface area contributed by atoms with Crippen molar-refractivity contribution in [1.29, 1.82) is 0 Å². The average molecular weight is 362 g/mol. The van der Waals surface area contributed by atoms with Gasteiger partial charge >= 0.3 is 0 Å². The van der Waals surface area contributed by atoms with Gasteiger partial charge in [0.2, 0.25) is 11.6 Å². The van der Waals surface area contributed by atoms with Gasteiger partial charge in [0.15, 0.2) is 0 Å². The van der Waals surface area contributed by atoms with Crippen molar-refractivity contribution in [2.45, 2.75) is 0 Å². The number of benzene rings is 1. The van der Waals surface area contributed by atoms with Crippen molar-refractivity contribution in [1.82, 2.24) is 24.5 Å². The number of carbonyl (C=O) groups excluding carboxylic acids is 1. The van der Waals surface area contributed by atoms with E-state index in [-0.39, 0.29) is 17.3 Å². The fourth-order valence-electron chi connectivity index (χ4n) is 2.55. The lowest BCUT2D eigenvalue weighted by Crippen LogP contribution is -2.06. The highest BCUT2D eigenvalue weighted by Crippen LogP contribution is 2.27. The molecule has 0 unspecified atom stereocenters. The minimum atomic E-state index is -0.323. The number of aromatic nitrogens is 5. The second-order valence-corrected chi connectivity index (χ2v) is 5.82. The van der Waals surface area contributed by atoms with E-state index < -0.39 is 0 Å². The predicted molar refractivity (Wildman–Crippen MR) is 97.3 cm³/mol. The molecule has 0 amide bonds. The summed E-state index contributed by atoms with van der Waals surface area (Å²) in [6.45, 7) is 0. The Morgan fingerprint density at radius 2 is 1.73 bits per heavy atom. The number of carbonyl (C=O) groups is 1. The zero-order valence-electron chi connectivity index (χ0n) is 13.5. The summed E-state index contributed by atoms with van der Waals surface area (Å²) in [6.07, 6.45) is 7.94. The maximum atomic E-state index is 12.4. The van der Waals surface area contributed by atoms with Crippen LogP contribution in [0.5, 0.6) is 0 Å². The lowest BCUT2D eigenvalue weighted by atomic mass is 10.1. The maximum absolute atomic E-state index is 12.4. The fourth-order valence-corrected chi connectivity index (χ4v) is 2.78. The average Bonchev–Trinajstić information content (AvgIpc) is 3.19. The van der Waals surface area contributed by atoms with Crippen molar-refractivity contribution in [3.8, 4) is 16.8 Å². The van der Waals surface area contributed by atoms with Crippen molar-refractivity contribution in [2.24, 2.45) is 0 Å². The molecule has 0 bridgehead atoms. The third-order valence-electron chi connectivity index (χ3n) is 3.80. The Kier molecular flexibility index (Phi) is 4.25.